The standard InChI is InChI=1S/C13H11FOS/c14-10-4-3-9-6-13(16-12(9)7-10)11(15)5-8-1-2-8/h3-4,6-8H,1-2,5H2. The summed E-state index contributed by atoms with van der Waals surface area (Å²) in [6, 6.07) is 6.54. The molecule has 82 valence electrons. The van der Waals surface area contributed by atoms with Gasteiger partial charge in [-0.3, -0.25) is 4.79 Å². The van der Waals surface area contributed by atoms with Crippen molar-refractivity contribution in [3.63, 3.8) is 0 Å². The number of benzene rings is 1. The number of hydrogen-bond acceptors (Lipinski definition) is 2. The van der Waals surface area contributed by atoms with Crippen molar-refractivity contribution in [2.45, 2.75) is 19.3 Å². The van der Waals surface area contributed by atoms with Gasteiger partial charge >= 0.3 is 0 Å². The molecule has 1 aromatic carbocycles. The first-order valence-electron chi connectivity index (χ1n) is 5.45. The quantitative estimate of drug-likeness (QED) is 0.733. The van der Waals surface area contributed by atoms with E-state index in [0.717, 1.165) is 15.0 Å². The molecule has 0 amide bonds. The lowest BCUT2D eigenvalue weighted by molar-refractivity contribution is 0.0980. The monoisotopic (exact) mass is 234 g/mol. The highest BCUT2D eigenvalue weighted by Gasteiger charge is 2.25. The first kappa shape index (κ1) is 9.97. The molecule has 0 bridgehead atoms. The molecule has 3 rings (SSSR count). The van der Waals surface area contributed by atoms with Crippen molar-refractivity contribution in [1.82, 2.24) is 0 Å². The van der Waals surface area contributed by atoms with Gasteiger partial charge in [-0.15, -0.1) is 11.3 Å². The van der Waals surface area contributed by atoms with Gasteiger partial charge < -0.3 is 0 Å². The lowest BCUT2D eigenvalue weighted by atomic mass is 10.1. The lowest BCUT2D eigenvalue weighted by Crippen LogP contribution is -1.96. The summed E-state index contributed by atoms with van der Waals surface area (Å²) >= 11 is 1.40. The molecule has 2 aromatic rings. The molecule has 1 saturated carbocycles. The zero-order valence-corrected chi connectivity index (χ0v) is 9.52. The second-order valence-electron chi connectivity index (χ2n) is 4.36. The fraction of sp³-hybridized carbons (Fsp3) is 0.308. The number of rotatable bonds is 3. The zero-order valence-electron chi connectivity index (χ0n) is 8.70. The molecule has 0 saturated heterocycles. The van der Waals surface area contributed by atoms with Crippen molar-refractivity contribution in [3.05, 3.63) is 35.0 Å². The summed E-state index contributed by atoms with van der Waals surface area (Å²) in [7, 11) is 0. The number of ketones is 1. The molecule has 16 heavy (non-hydrogen) atoms. The molecule has 0 radical (unpaired) electrons. The molecule has 0 unspecified atom stereocenters. The number of carbonyl (C=O) groups is 1. The molecule has 1 aliphatic carbocycles. The SMILES string of the molecule is O=C(CC1CC1)c1cc2ccc(F)cc2s1. The van der Waals surface area contributed by atoms with Crippen LogP contribution in [0.1, 0.15) is 28.9 Å². The Morgan fingerprint density at radius 3 is 2.94 bits per heavy atom. The maximum atomic E-state index is 13.0. The number of hydrogen-bond donors (Lipinski definition) is 0. The zero-order chi connectivity index (χ0) is 11.1. The van der Waals surface area contributed by atoms with Gasteiger partial charge in [0.05, 0.1) is 4.88 Å². The van der Waals surface area contributed by atoms with E-state index in [1.165, 1.54) is 36.3 Å². The van der Waals surface area contributed by atoms with Gasteiger partial charge in [0.15, 0.2) is 5.78 Å². The number of halogens is 1. The number of carbonyl (C=O) groups excluding carboxylic acids is 1. The van der Waals surface area contributed by atoms with Gasteiger partial charge in [-0.25, -0.2) is 4.39 Å². The Morgan fingerprint density at radius 1 is 1.38 bits per heavy atom. The molecule has 1 nitrogen and oxygen atoms in total. The molecule has 3 heteroatoms. The highest BCUT2D eigenvalue weighted by molar-refractivity contribution is 7.20. The Labute approximate surface area is 96.9 Å². The van der Waals surface area contributed by atoms with Crippen LogP contribution < -0.4 is 0 Å². The smallest absolute Gasteiger partial charge is 0.173 e. The van der Waals surface area contributed by atoms with E-state index >= 15 is 0 Å². The normalized spacial score (nSPS) is 15.6. The molecule has 1 heterocycles. The van der Waals surface area contributed by atoms with Crippen LogP contribution in [0.15, 0.2) is 24.3 Å². The van der Waals surface area contributed by atoms with Gasteiger partial charge in [-0.2, -0.15) is 0 Å². The average molecular weight is 234 g/mol. The van der Waals surface area contributed by atoms with Crippen molar-refractivity contribution >= 4 is 27.2 Å². The minimum Gasteiger partial charge on any atom is -0.293 e. The van der Waals surface area contributed by atoms with E-state index in [4.69, 9.17) is 0 Å². The van der Waals surface area contributed by atoms with Crippen LogP contribution in [0, 0.1) is 11.7 Å². The predicted octanol–water partition coefficient (Wildman–Crippen LogP) is 4.02. The predicted molar refractivity (Wildman–Crippen MR) is 63.5 cm³/mol. The van der Waals surface area contributed by atoms with Crippen LogP contribution in [0.4, 0.5) is 4.39 Å². The number of fused-ring (bicyclic) bond motifs is 1. The van der Waals surface area contributed by atoms with Crippen LogP contribution in [0.3, 0.4) is 0 Å². The van der Waals surface area contributed by atoms with Gasteiger partial charge in [-0.1, -0.05) is 6.07 Å². The molecule has 0 spiro atoms. The molecule has 0 aliphatic heterocycles. The molecule has 0 atom stereocenters. The Morgan fingerprint density at radius 2 is 2.19 bits per heavy atom. The fourth-order valence-electron chi connectivity index (χ4n) is 1.83. The van der Waals surface area contributed by atoms with Crippen LogP contribution in [0.25, 0.3) is 10.1 Å². The third-order valence-corrected chi connectivity index (χ3v) is 4.07. The summed E-state index contributed by atoms with van der Waals surface area (Å²) in [5.74, 6) is 0.578. The van der Waals surface area contributed by atoms with Crippen LogP contribution >= 0.6 is 11.3 Å². The van der Waals surface area contributed by atoms with Crippen molar-refractivity contribution in [3.8, 4) is 0 Å². The first-order chi connectivity index (χ1) is 7.72. The topological polar surface area (TPSA) is 17.1 Å². The largest absolute Gasteiger partial charge is 0.293 e. The summed E-state index contributed by atoms with van der Waals surface area (Å²) in [6.45, 7) is 0. The third-order valence-electron chi connectivity index (χ3n) is 2.93. The van der Waals surface area contributed by atoms with Crippen molar-refractivity contribution in [2.24, 2.45) is 5.92 Å². The minimum atomic E-state index is -0.240. The Balaban J connectivity index is 1.94. The Hall–Kier alpha value is -1.22. The van der Waals surface area contributed by atoms with Gasteiger partial charge in [-0.05, 0) is 42.3 Å². The van der Waals surface area contributed by atoms with E-state index < -0.39 is 0 Å². The third kappa shape index (κ3) is 1.87. The first-order valence-corrected chi connectivity index (χ1v) is 6.26. The average Bonchev–Trinajstić information content (AvgIpc) is 2.95. The summed E-state index contributed by atoms with van der Waals surface area (Å²) in [5, 5.41) is 0.963. The van der Waals surface area contributed by atoms with Crippen LogP contribution in [0.2, 0.25) is 0 Å². The van der Waals surface area contributed by atoms with Gasteiger partial charge in [0, 0.05) is 11.1 Å². The van der Waals surface area contributed by atoms with Crippen LogP contribution in [-0.4, -0.2) is 5.78 Å². The maximum absolute atomic E-state index is 13.0. The summed E-state index contributed by atoms with van der Waals surface area (Å²) in [5.41, 5.74) is 0. The van der Waals surface area contributed by atoms with Crippen molar-refractivity contribution < 1.29 is 9.18 Å². The van der Waals surface area contributed by atoms with E-state index in [0.29, 0.717) is 12.3 Å². The molecule has 1 aliphatic rings. The van der Waals surface area contributed by atoms with Crippen molar-refractivity contribution in [1.29, 1.82) is 0 Å². The van der Waals surface area contributed by atoms with Gasteiger partial charge in [0.2, 0.25) is 0 Å². The van der Waals surface area contributed by atoms with E-state index in [-0.39, 0.29) is 11.6 Å². The van der Waals surface area contributed by atoms with Crippen LogP contribution in [0.5, 0.6) is 0 Å². The van der Waals surface area contributed by atoms with Crippen molar-refractivity contribution in [2.75, 3.05) is 0 Å². The van der Waals surface area contributed by atoms with E-state index in [2.05, 4.69) is 0 Å². The molecular formula is C13H11FOS. The number of Topliss-reactive ketones (excluding diaryl/α,β-unsaturated/α-hetero) is 1. The van der Waals surface area contributed by atoms with Gasteiger partial charge in [0.1, 0.15) is 5.82 Å². The van der Waals surface area contributed by atoms with E-state index in [9.17, 15) is 9.18 Å². The fourth-order valence-corrected chi connectivity index (χ4v) is 2.86. The van der Waals surface area contributed by atoms with Gasteiger partial charge in [0.25, 0.3) is 0 Å². The number of thiophene rings is 1. The second kappa shape index (κ2) is 3.67. The minimum absolute atomic E-state index is 0.212. The lowest BCUT2D eigenvalue weighted by Gasteiger charge is -1.92. The molecular weight excluding hydrogens is 223 g/mol. The summed E-state index contributed by atoms with van der Waals surface area (Å²) < 4.78 is 13.8. The molecule has 1 fully saturated rings. The summed E-state index contributed by atoms with van der Waals surface area (Å²) in [4.78, 5) is 12.6. The summed E-state index contributed by atoms with van der Waals surface area (Å²) in [6.07, 6.45) is 3.03. The Bertz CT molecular complexity index is 554. The van der Waals surface area contributed by atoms with Crippen LogP contribution in [-0.2, 0) is 0 Å². The molecule has 1 aromatic heterocycles. The second-order valence-corrected chi connectivity index (χ2v) is 5.45. The highest BCUT2D eigenvalue weighted by atomic mass is 32.1. The van der Waals surface area contributed by atoms with E-state index in [1.807, 2.05) is 6.07 Å². The highest BCUT2D eigenvalue weighted by Crippen LogP contribution is 2.35. The van der Waals surface area contributed by atoms with E-state index in [1.54, 1.807) is 6.07 Å². The Kier molecular flexibility index (Phi) is 2.28. The molecule has 0 N–H and O–H groups in total. The maximum Gasteiger partial charge on any atom is 0.173 e.